The van der Waals surface area contributed by atoms with Gasteiger partial charge in [-0.15, -0.1) is 0 Å². The normalized spacial score (nSPS) is 12.8. The fraction of sp³-hybridized carbons (Fsp3) is 0.133. The van der Waals surface area contributed by atoms with Crippen molar-refractivity contribution in [1.29, 1.82) is 0 Å². The molecule has 0 saturated heterocycles. The molecule has 0 radical (unpaired) electrons. The van der Waals surface area contributed by atoms with Crippen molar-refractivity contribution in [2.75, 3.05) is 5.73 Å². The van der Waals surface area contributed by atoms with E-state index in [-0.39, 0.29) is 17.5 Å². The Morgan fingerprint density at radius 2 is 1.90 bits per heavy atom. The van der Waals surface area contributed by atoms with Crippen LogP contribution in [-0.2, 0) is 0 Å². The zero-order valence-electron chi connectivity index (χ0n) is 11.1. The van der Waals surface area contributed by atoms with E-state index in [0.717, 1.165) is 11.6 Å². The van der Waals surface area contributed by atoms with Gasteiger partial charge in [0, 0.05) is 5.02 Å². The summed E-state index contributed by atoms with van der Waals surface area (Å²) >= 11 is 6.17. The lowest BCUT2D eigenvalue weighted by atomic mass is 10.1. The van der Waals surface area contributed by atoms with Crippen molar-refractivity contribution < 1.29 is 8.78 Å². The van der Waals surface area contributed by atoms with Crippen LogP contribution in [0.1, 0.15) is 18.5 Å². The molecule has 0 bridgehead atoms. The number of nitrogens with zero attached hydrogens (tertiary/aromatic N) is 2. The number of hydrogen-bond acceptors (Lipinski definition) is 2. The van der Waals surface area contributed by atoms with Crippen LogP contribution in [0.5, 0.6) is 0 Å². The predicted octanol–water partition coefficient (Wildman–Crippen LogP) is 4.16. The monoisotopic (exact) mass is 307 g/mol. The molecule has 3 aromatic rings. The zero-order chi connectivity index (χ0) is 15.1. The second-order valence-corrected chi connectivity index (χ2v) is 5.17. The van der Waals surface area contributed by atoms with Gasteiger partial charge >= 0.3 is 0 Å². The summed E-state index contributed by atoms with van der Waals surface area (Å²) in [7, 11) is 0. The van der Waals surface area contributed by atoms with Gasteiger partial charge in [0.1, 0.15) is 5.52 Å². The Balaban J connectivity index is 2.27. The largest absolute Gasteiger partial charge is 0.369 e. The second kappa shape index (κ2) is 5.00. The van der Waals surface area contributed by atoms with Gasteiger partial charge < -0.3 is 10.3 Å². The highest BCUT2D eigenvalue weighted by molar-refractivity contribution is 6.31. The molecule has 1 heterocycles. The quantitative estimate of drug-likeness (QED) is 0.772. The van der Waals surface area contributed by atoms with Crippen LogP contribution in [0.15, 0.2) is 36.4 Å². The third-order valence-corrected chi connectivity index (χ3v) is 3.86. The molecule has 1 atom stereocenters. The Morgan fingerprint density at radius 3 is 2.62 bits per heavy atom. The first-order valence-electron chi connectivity index (χ1n) is 6.36. The highest BCUT2D eigenvalue weighted by Crippen LogP contribution is 2.32. The maximum Gasteiger partial charge on any atom is 0.201 e. The topological polar surface area (TPSA) is 43.8 Å². The molecule has 0 saturated carbocycles. The van der Waals surface area contributed by atoms with E-state index in [0.29, 0.717) is 10.5 Å². The number of nitrogens with two attached hydrogens (primary N) is 1. The van der Waals surface area contributed by atoms with E-state index in [4.69, 9.17) is 17.3 Å². The van der Waals surface area contributed by atoms with Gasteiger partial charge in [0.05, 0.1) is 11.6 Å². The van der Waals surface area contributed by atoms with Crippen molar-refractivity contribution >= 4 is 28.6 Å². The fourth-order valence-electron chi connectivity index (χ4n) is 2.49. The predicted molar refractivity (Wildman–Crippen MR) is 79.3 cm³/mol. The summed E-state index contributed by atoms with van der Waals surface area (Å²) in [5.74, 6) is -1.78. The molecule has 3 rings (SSSR count). The zero-order valence-corrected chi connectivity index (χ0v) is 11.9. The Bertz CT molecular complexity index is 829. The fourth-order valence-corrected chi connectivity index (χ4v) is 2.78. The third kappa shape index (κ3) is 2.14. The van der Waals surface area contributed by atoms with E-state index >= 15 is 0 Å². The van der Waals surface area contributed by atoms with E-state index in [2.05, 4.69) is 4.98 Å². The molecule has 0 aliphatic rings. The van der Waals surface area contributed by atoms with Gasteiger partial charge in [-0.1, -0.05) is 29.8 Å². The van der Waals surface area contributed by atoms with Crippen LogP contribution in [0.2, 0.25) is 5.02 Å². The van der Waals surface area contributed by atoms with Gasteiger partial charge in [-0.05, 0) is 30.7 Å². The number of imidazole rings is 1. The summed E-state index contributed by atoms with van der Waals surface area (Å²) in [4.78, 5) is 4.08. The lowest BCUT2D eigenvalue weighted by Crippen LogP contribution is -2.11. The van der Waals surface area contributed by atoms with Crippen LogP contribution in [0, 0.1) is 11.6 Å². The van der Waals surface area contributed by atoms with Gasteiger partial charge in [-0.25, -0.2) is 13.8 Å². The van der Waals surface area contributed by atoms with E-state index in [9.17, 15) is 8.78 Å². The summed E-state index contributed by atoms with van der Waals surface area (Å²) in [5, 5.41) is 0.531. The van der Waals surface area contributed by atoms with Crippen molar-refractivity contribution in [3.05, 3.63) is 58.6 Å². The van der Waals surface area contributed by atoms with Crippen LogP contribution >= 0.6 is 11.6 Å². The van der Waals surface area contributed by atoms with Crippen LogP contribution in [0.4, 0.5) is 14.7 Å². The van der Waals surface area contributed by atoms with E-state index in [1.165, 1.54) is 10.6 Å². The number of fused-ring (bicyclic) bond motifs is 1. The molecule has 2 N–H and O–H groups in total. The number of rotatable bonds is 2. The maximum absolute atomic E-state index is 14.1. The number of nitrogen functional groups attached to an aromatic ring is 1. The van der Waals surface area contributed by atoms with Crippen LogP contribution in [-0.4, -0.2) is 9.55 Å². The van der Waals surface area contributed by atoms with Gasteiger partial charge in [0.2, 0.25) is 5.95 Å². The van der Waals surface area contributed by atoms with Crippen molar-refractivity contribution in [2.45, 2.75) is 13.0 Å². The minimum atomic E-state index is -0.962. The highest BCUT2D eigenvalue weighted by Gasteiger charge is 2.21. The molecule has 0 fully saturated rings. The molecular weight excluding hydrogens is 296 g/mol. The minimum absolute atomic E-state index is 0.0416. The maximum atomic E-state index is 14.1. The van der Waals surface area contributed by atoms with E-state index < -0.39 is 11.6 Å². The molecule has 0 spiro atoms. The summed E-state index contributed by atoms with van der Waals surface area (Å²) in [6.07, 6.45) is 0. The van der Waals surface area contributed by atoms with Crippen LogP contribution in [0.3, 0.4) is 0 Å². The molecule has 6 heteroatoms. The number of aromatic nitrogens is 2. The van der Waals surface area contributed by atoms with Crippen LogP contribution in [0.25, 0.3) is 11.0 Å². The van der Waals surface area contributed by atoms with Gasteiger partial charge in [-0.2, -0.15) is 0 Å². The summed E-state index contributed by atoms with van der Waals surface area (Å²) in [6, 6.07) is 9.24. The van der Waals surface area contributed by atoms with Crippen LogP contribution < -0.4 is 5.73 Å². The molecule has 3 nitrogen and oxygen atoms in total. The van der Waals surface area contributed by atoms with E-state index in [1.807, 2.05) is 19.1 Å². The smallest absolute Gasteiger partial charge is 0.201 e. The second-order valence-electron chi connectivity index (χ2n) is 4.77. The first-order valence-corrected chi connectivity index (χ1v) is 6.74. The molecule has 0 amide bonds. The average molecular weight is 308 g/mol. The Hall–Kier alpha value is -2.14. The van der Waals surface area contributed by atoms with Gasteiger partial charge in [0.15, 0.2) is 11.6 Å². The SMILES string of the molecule is CC(c1ccccc1Cl)n1c(N)nc2ccc(F)c(F)c21. The lowest BCUT2D eigenvalue weighted by Gasteiger charge is -2.18. The highest BCUT2D eigenvalue weighted by atomic mass is 35.5. The molecular formula is C15H12ClF2N3. The van der Waals surface area contributed by atoms with Crippen molar-refractivity contribution in [1.82, 2.24) is 9.55 Å². The Labute approximate surface area is 125 Å². The van der Waals surface area contributed by atoms with E-state index in [1.54, 1.807) is 12.1 Å². The Kier molecular flexibility index (Phi) is 3.29. The van der Waals surface area contributed by atoms with Crippen molar-refractivity contribution in [2.24, 2.45) is 0 Å². The standard InChI is InChI=1S/C15H12ClF2N3/c1-8(9-4-2-3-5-10(9)16)21-14-12(20-15(21)19)7-6-11(17)13(14)18/h2-8H,1H3,(H2,19,20). The molecule has 2 aromatic carbocycles. The molecule has 21 heavy (non-hydrogen) atoms. The molecule has 108 valence electrons. The lowest BCUT2D eigenvalue weighted by molar-refractivity contribution is 0.509. The van der Waals surface area contributed by atoms with Crippen molar-refractivity contribution in [3.63, 3.8) is 0 Å². The number of benzene rings is 2. The number of hydrogen-bond donors (Lipinski definition) is 1. The average Bonchev–Trinajstić information content (AvgIpc) is 2.80. The third-order valence-electron chi connectivity index (χ3n) is 3.51. The Morgan fingerprint density at radius 1 is 1.19 bits per heavy atom. The molecule has 0 aliphatic heterocycles. The molecule has 1 aromatic heterocycles. The number of anilines is 1. The summed E-state index contributed by atoms with van der Waals surface area (Å²) < 4.78 is 29.1. The number of halogens is 3. The summed E-state index contributed by atoms with van der Waals surface area (Å²) in [6.45, 7) is 1.81. The van der Waals surface area contributed by atoms with Gasteiger partial charge in [-0.3, -0.25) is 0 Å². The summed E-state index contributed by atoms with van der Waals surface area (Å²) in [5.41, 5.74) is 6.99. The first kappa shape index (κ1) is 13.8. The first-order chi connectivity index (χ1) is 10.0. The van der Waals surface area contributed by atoms with Crippen molar-refractivity contribution in [3.8, 4) is 0 Å². The van der Waals surface area contributed by atoms with Gasteiger partial charge in [0.25, 0.3) is 0 Å². The molecule has 1 unspecified atom stereocenters. The minimum Gasteiger partial charge on any atom is -0.369 e. The molecule has 0 aliphatic carbocycles.